The van der Waals surface area contributed by atoms with Crippen molar-refractivity contribution in [3.8, 4) is 11.5 Å². The standard InChI is InChI=1S/C21H12ClF2N3O2/c22-17-3-1-12(7-18(17)24)21(28)27-14-8-13(23)9-16(10-14)29-15-2-4-19-20(11-15)26-6-5-25-19/h1-11H,(H,27,28). The van der Waals surface area contributed by atoms with Crippen LogP contribution in [0.2, 0.25) is 5.02 Å². The third kappa shape index (κ3) is 4.30. The van der Waals surface area contributed by atoms with Gasteiger partial charge in [-0.2, -0.15) is 0 Å². The molecule has 29 heavy (non-hydrogen) atoms. The Balaban J connectivity index is 1.56. The highest BCUT2D eigenvalue weighted by Crippen LogP contribution is 2.28. The van der Waals surface area contributed by atoms with E-state index in [9.17, 15) is 13.6 Å². The number of fused-ring (bicyclic) bond motifs is 1. The lowest BCUT2D eigenvalue weighted by atomic mass is 10.2. The van der Waals surface area contributed by atoms with Crippen LogP contribution in [0.4, 0.5) is 14.5 Å². The number of rotatable bonds is 4. The van der Waals surface area contributed by atoms with E-state index in [0.29, 0.717) is 16.8 Å². The van der Waals surface area contributed by atoms with E-state index in [1.165, 1.54) is 24.3 Å². The molecule has 0 radical (unpaired) electrons. The molecule has 0 spiro atoms. The number of nitrogens with zero attached hydrogens (tertiary/aromatic N) is 2. The molecular weight excluding hydrogens is 400 g/mol. The third-order valence-electron chi connectivity index (χ3n) is 3.99. The molecule has 8 heteroatoms. The number of aromatic nitrogens is 2. The Bertz CT molecular complexity index is 1230. The van der Waals surface area contributed by atoms with Gasteiger partial charge < -0.3 is 10.1 Å². The van der Waals surface area contributed by atoms with Crippen LogP contribution in [0.25, 0.3) is 11.0 Å². The van der Waals surface area contributed by atoms with E-state index >= 15 is 0 Å². The summed E-state index contributed by atoms with van der Waals surface area (Å²) < 4.78 is 33.3. The number of carbonyl (C=O) groups excluding carboxylic acids is 1. The molecule has 1 heterocycles. The van der Waals surface area contributed by atoms with E-state index in [4.69, 9.17) is 16.3 Å². The Labute approximate surface area is 168 Å². The van der Waals surface area contributed by atoms with Crippen molar-refractivity contribution in [3.05, 3.63) is 89.2 Å². The summed E-state index contributed by atoms with van der Waals surface area (Å²) in [5.74, 6) is -1.34. The first-order valence-electron chi connectivity index (χ1n) is 8.43. The smallest absolute Gasteiger partial charge is 0.255 e. The van der Waals surface area contributed by atoms with E-state index in [0.717, 1.165) is 12.1 Å². The molecule has 144 valence electrons. The molecule has 0 atom stereocenters. The fourth-order valence-electron chi connectivity index (χ4n) is 2.68. The second-order valence-corrected chi connectivity index (χ2v) is 6.47. The Kier molecular flexibility index (Phi) is 5.05. The average Bonchev–Trinajstić information content (AvgIpc) is 2.69. The van der Waals surface area contributed by atoms with Gasteiger partial charge in [0, 0.05) is 41.8 Å². The zero-order valence-electron chi connectivity index (χ0n) is 14.7. The van der Waals surface area contributed by atoms with Crippen molar-refractivity contribution in [3.63, 3.8) is 0 Å². The molecule has 0 unspecified atom stereocenters. The number of ether oxygens (including phenoxy) is 1. The zero-order valence-corrected chi connectivity index (χ0v) is 15.5. The van der Waals surface area contributed by atoms with Crippen LogP contribution < -0.4 is 10.1 Å². The molecular formula is C21H12ClF2N3O2. The largest absolute Gasteiger partial charge is 0.457 e. The topological polar surface area (TPSA) is 64.1 Å². The summed E-state index contributed by atoms with van der Waals surface area (Å²) in [6, 6.07) is 12.5. The van der Waals surface area contributed by atoms with Crippen LogP contribution in [0.5, 0.6) is 11.5 Å². The van der Waals surface area contributed by atoms with Gasteiger partial charge in [-0.15, -0.1) is 0 Å². The van der Waals surface area contributed by atoms with Gasteiger partial charge in [-0.1, -0.05) is 11.6 Å². The lowest BCUT2D eigenvalue weighted by Gasteiger charge is -2.10. The summed E-state index contributed by atoms with van der Waals surface area (Å²) in [5, 5.41) is 2.42. The minimum Gasteiger partial charge on any atom is -0.457 e. The number of hydrogen-bond donors (Lipinski definition) is 1. The van der Waals surface area contributed by atoms with Crippen molar-refractivity contribution in [2.45, 2.75) is 0 Å². The van der Waals surface area contributed by atoms with Gasteiger partial charge in [0.25, 0.3) is 5.91 Å². The summed E-state index contributed by atoms with van der Waals surface area (Å²) >= 11 is 5.62. The Morgan fingerprint density at radius 2 is 1.69 bits per heavy atom. The number of anilines is 1. The zero-order chi connectivity index (χ0) is 20.4. The molecule has 0 saturated heterocycles. The molecule has 0 saturated carbocycles. The van der Waals surface area contributed by atoms with E-state index in [-0.39, 0.29) is 22.0 Å². The van der Waals surface area contributed by atoms with Crippen LogP contribution in [0.15, 0.2) is 67.0 Å². The van der Waals surface area contributed by atoms with Gasteiger partial charge in [0.05, 0.1) is 16.1 Å². The van der Waals surface area contributed by atoms with Gasteiger partial charge >= 0.3 is 0 Å². The van der Waals surface area contributed by atoms with Crippen molar-refractivity contribution < 1.29 is 18.3 Å². The highest BCUT2D eigenvalue weighted by molar-refractivity contribution is 6.30. The number of nitrogens with one attached hydrogen (secondary N) is 1. The van der Waals surface area contributed by atoms with Gasteiger partial charge in [0.2, 0.25) is 0 Å². The predicted octanol–water partition coefficient (Wildman–Crippen LogP) is 5.61. The van der Waals surface area contributed by atoms with Gasteiger partial charge in [-0.25, -0.2) is 8.78 Å². The van der Waals surface area contributed by atoms with E-state index in [1.54, 1.807) is 30.6 Å². The summed E-state index contributed by atoms with van der Waals surface area (Å²) in [6.07, 6.45) is 3.14. The maximum absolute atomic E-state index is 14.0. The van der Waals surface area contributed by atoms with Crippen LogP contribution in [0.1, 0.15) is 10.4 Å². The molecule has 0 aliphatic heterocycles. The minimum absolute atomic E-state index is 0.0479. The highest BCUT2D eigenvalue weighted by atomic mass is 35.5. The number of hydrogen-bond acceptors (Lipinski definition) is 4. The van der Waals surface area contributed by atoms with Gasteiger partial charge in [0.1, 0.15) is 23.1 Å². The van der Waals surface area contributed by atoms with E-state index < -0.39 is 17.5 Å². The van der Waals surface area contributed by atoms with Gasteiger partial charge in [-0.3, -0.25) is 14.8 Å². The molecule has 0 fully saturated rings. The summed E-state index contributed by atoms with van der Waals surface area (Å²) in [4.78, 5) is 20.7. The lowest BCUT2D eigenvalue weighted by Crippen LogP contribution is -2.12. The first kappa shape index (κ1) is 18.8. The SMILES string of the molecule is O=C(Nc1cc(F)cc(Oc2ccc3nccnc3c2)c1)c1ccc(Cl)c(F)c1. The van der Waals surface area contributed by atoms with Crippen molar-refractivity contribution >= 4 is 34.2 Å². The van der Waals surface area contributed by atoms with Crippen LogP contribution in [-0.4, -0.2) is 15.9 Å². The highest BCUT2D eigenvalue weighted by Gasteiger charge is 2.11. The normalized spacial score (nSPS) is 10.7. The molecule has 3 aromatic carbocycles. The number of benzene rings is 3. The van der Waals surface area contributed by atoms with Gasteiger partial charge in [-0.05, 0) is 36.4 Å². The van der Waals surface area contributed by atoms with Gasteiger partial charge in [0.15, 0.2) is 0 Å². The quantitative estimate of drug-likeness (QED) is 0.474. The van der Waals surface area contributed by atoms with Crippen LogP contribution in [-0.2, 0) is 0 Å². The molecule has 1 amide bonds. The fourth-order valence-corrected chi connectivity index (χ4v) is 2.79. The summed E-state index contributed by atoms with van der Waals surface area (Å²) in [6.45, 7) is 0. The first-order valence-corrected chi connectivity index (χ1v) is 8.81. The molecule has 1 aromatic heterocycles. The maximum atomic E-state index is 14.0. The minimum atomic E-state index is -0.720. The number of halogens is 3. The fraction of sp³-hybridized carbons (Fsp3) is 0. The molecule has 0 aliphatic carbocycles. The molecule has 0 bridgehead atoms. The Morgan fingerprint density at radius 1 is 0.897 bits per heavy atom. The maximum Gasteiger partial charge on any atom is 0.255 e. The average molecular weight is 412 g/mol. The molecule has 1 N–H and O–H groups in total. The van der Waals surface area contributed by atoms with E-state index in [2.05, 4.69) is 15.3 Å². The first-order chi connectivity index (χ1) is 14.0. The second kappa shape index (κ2) is 7.81. The molecule has 5 nitrogen and oxygen atoms in total. The third-order valence-corrected chi connectivity index (χ3v) is 4.29. The molecule has 4 rings (SSSR count). The monoisotopic (exact) mass is 411 g/mol. The predicted molar refractivity (Wildman–Crippen MR) is 105 cm³/mol. The molecule has 4 aromatic rings. The summed E-state index contributed by atoms with van der Waals surface area (Å²) in [7, 11) is 0. The van der Waals surface area contributed by atoms with Crippen LogP contribution in [0.3, 0.4) is 0 Å². The molecule has 0 aliphatic rings. The van der Waals surface area contributed by atoms with Crippen molar-refractivity contribution in [2.75, 3.05) is 5.32 Å². The van der Waals surface area contributed by atoms with Crippen LogP contribution >= 0.6 is 11.6 Å². The second-order valence-electron chi connectivity index (χ2n) is 6.07. The van der Waals surface area contributed by atoms with Crippen molar-refractivity contribution in [1.29, 1.82) is 0 Å². The number of carbonyl (C=O) groups is 1. The number of amides is 1. The lowest BCUT2D eigenvalue weighted by molar-refractivity contribution is 0.102. The Hall–Kier alpha value is -3.58. The van der Waals surface area contributed by atoms with Crippen molar-refractivity contribution in [2.24, 2.45) is 0 Å². The Morgan fingerprint density at radius 3 is 2.48 bits per heavy atom. The van der Waals surface area contributed by atoms with Crippen LogP contribution in [0, 0.1) is 11.6 Å². The van der Waals surface area contributed by atoms with Crippen molar-refractivity contribution in [1.82, 2.24) is 9.97 Å². The summed E-state index contributed by atoms with van der Waals surface area (Å²) in [5.41, 5.74) is 1.52. The van der Waals surface area contributed by atoms with E-state index in [1.807, 2.05) is 0 Å².